The fraction of sp³-hybridized carbons (Fsp3) is 0.750. The molecule has 0 aromatic heterocycles. The van der Waals surface area contributed by atoms with Gasteiger partial charge in [0.1, 0.15) is 0 Å². The summed E-state index contributed by atoms with van der Waals surface area (Å²) in [6.45, 7) is 9.16. The van der Waals surface area contributed by atoms with Crippen molar-refractivity contribution >= 4 is 5.91 Å². The van der Waals surface area contributed by atoms with E-state index in [0.29, 0.717) is 17.8 Å². The SMILES string of the molecule is CC(C)C1=CC2=CCC3[C@](C)(C(=O)NN)CCC[C@]3(C)[C@H]2CC1. The Hall–Kier alpha value is -1.09. The summed E-state index contributed by atoms with van der Waals surface area (Å²) in [6.07, 6.45) is 11.7. The van der Waals surface area contributed by atoms with Crippen LogP contribution in [-0.4, -0.2) is 5.91 Å². The number of fused-ring (bicyclic) bond motifs is 3. The molecular formula is C20H32N2O. The quantitative estimate of drug-likeness (QED) is 0.457. The molecule has 4 atom stereocenters. The molecule has 3 rings (SSSR count). The van der Waals surface area contributed by atoms with Gasteiger partial charge in [0.2, 0.25) is 5.91 Å². The van der Waals surface area contributed by atoms with E-state index in [0.717, 1.165) is 19.3 Å². The van der Waals surface area contributed by atoms with Crippen molar-refractivity contribution < 1.29 is 4.79 Å². The first-order chi connectivity index (χ1) is 10.8. The minimum Gasteiger partial charge on any atom is -0.294 e. The van der Waals surface area contributed by atoms with Crippen LogP contribution in [0.3, 0.4) is 0 Å². The van der Waals surface area contributed by atoms with E-state index in [1.807, 2.05) is 0 Å². The maximum Gasteiger partial charge on any atom is 0.240 e. The first kappa shape index (κ1) is 16.8. The van der Waals surface area contributed by atoms with Gasteiger partial charge in [0.15, 0.2) is 0 Å². The first-order valence-electron chi connectivity index (χ1n) is 9.24. The Kier molecular flexibility index (Phi) is 4.20. The van der Waals surface area contributed by atoms with E-state index < -0.39 is 0 Å². The zero-order valence-corrected chi connectivity index (χ0v) is 15.1. The average Bonchev–Trinajstić information content (AvgIpc) is 2.53. The van der Waals surface area contributed by atoms with Crippen LogP contribution in [0.5, 0.6) is 0 Å². The van der Waals surface area contributed by atoms with E-state index in [1.165, 1.54) is 24.8 Å². The number of hydrazine groups is 1. The summed E-state index contributed by atoms with van der Waals surface area (Å²) in [5.41, 5.74) is 5.47. The summed E-state index contributed by atoms with van der Waals surface area (Å²) < 4.78 is 0. The van der Waals surface area contributed by atoms with E-state index in [1.54, 1.807) is 5.57 Å². The monoisotopic (exact) mass is 316 g/mol. The van der Waals surface area contributed by atoms with Crippen LogP contribution in [0.1, 0.15) is 66.2 Å². The number of nitrogens with two attached hydrogens (primary N) is 1. The maximum absolute atomic E-state index is 12.5. The molecule has 0 bridgehead atoms. The van der Waals surface area contributed by atoms with Gasteiger partial charge in [0, 0.05) is 0 Å². The molecule has 128 valence electrons. The fourth-order valence-electron chi connectivity index (χ4n) is 5.78. The number of carbonyl (C=O) groups is 1. The smallest absolute Gasteiger partial charge is 0.240 e. The lowest BCUT2D eigenvalue weighted by Crippen LogP contribution is -2.56. The lowest BCUT2D eigenvalue weighted by atomic mass is 9.46. The Morgan fingerprint density at radius 1 is 1.35 bits per heavy atom. The molecule has 1 saturated carbocycles. The van der Waals surface area contributed by atoms with Crippen molar-refractivity contribution in [2.75, 3.05) is 0 Å². The second-order valence-corrected chi connectivity index (χ2v) is 8.71. The van der Waals surface area contributed by atoms with Gasteiger partial charge in [-0.05, 0) is 60.8 Å². The zero-order valence-electron chi connectivity index (χ0n) is 15.1. The number of carbonyl (C=O) groups excluding carboxylic acids is 1. The number of amides is 1. The van der Waals surface area contributed by atoms with Crippen LogP contribution < -0.4 is 11.3 Å². The first-order valence-corrected chi connectivity index (χ1v) is 9.24. The van der Waals surface area contributed by atoms with Gasteiger partial charge in [-0.3, -0.25) is 10.2 Å². The molecule has 3 heteroatoms. The highest BCUT2D eigenvalue weighted by atomic mass is 16.2. The Morgan fingerprint density at radius 3 is 2.74 bits per heavy atom. The van der Waals surface area contributed by atoms with Gasteiger partial charge >= 0.3 is 0 Å². The van der Waals surface area contributed by atoms with Crippen LogP contribution in [0.2, 0.25) is 0 Å². The molecule has 0 heterocycles. The number of hydrogen-bond acceptors (Lipinski definition) is 2. The van der Waals surface area contributed by atoms with Crippen LogP contribution in [0, 0.1) is 28.6 Å². The Bertz CT molecular complexity index is 562. The van der Waals surface area contributed by atoms with Crippen molar-refractivity contribution in [1.29, 1.82) is 0 Å². The van der Waals surface area contributed by atoms with Gasteiger partial charge in [-0.2, -0.15) is 0 Å². The van der Waals surface area contributed by atoms with Gasteiger partial charge in [0.25, 0.3) is 0 Å². The molecule has 3 aliphatic rings. The third-order valence-electron chi connectivity index (χ3n) is 7.23. The number of allylic oxidation sites excluding steroid dienone is 4. The van der Waals surface area contributed by atoms with Crippen LogP contribution >= 0.6 is 0 Å². The molecule has 0 aliphatic heterocycles. The van der Waals surface area contributed by atoms with Gasteiger partial charge in [0.05, 0.1) is 5.41 Å². The van der Waals surface area contributed by atoms with E-state index in [9.17, 15) is 4.79 Å². The minimum atomic E-state index is -0.328. The van der Waals surface area contributed by atoms with Crippen molar-refractivity contribution in [3.8, 4) is 0 Å². The number of rotatable bonds is 2. The highest BCUT2D eigenvalue weighted by molar-refractivity contribution is 5.82. The van der Waals surface area contributed by atoms with Crippen molar-refractivity contribution in [3.63, 3.8) is 0 Å². The van der Waals surface area contributed by atoms with Gasteiger partial charge in [-0.1, -0.05) is 51.8 Å². The minimum absolute atomic E-state index is 0.0273. The van der Waals surface area contributed by atoms with Crippen LogP contribution in [0.15, 0.2) is 23.3 Å². The van der Waals surface area contributed by atoms with E-state index in [4.69, 9.17) is 5.84 Å². The van der Waals surface area contributed by atoms with E-state index in [-0.39, 0.29) is 16.7 Å². The Labute approximate surface area is 140 Å². The maximum atomic E-state index is 12.5. The summed E-state index contributed by atoms with van der Waals surface area (Å²) in [7, 11) is 0. The summed E-state index contributed by atoms with van der Waals surface area (Å²) in [6, 6.07) is 0. The molecule has 0 saturated heterocycles. The van der Waals surface area contributed by atoms with Crippen molar-refractivity contribution in [2.45, 2.75) is 66.2 Å². The lowest BCUT2D eigenvalue weighted by molar-refractivity contribution is -0.144. The molecule has 3 N–H and O–H groups in total. The molecule has 1 fully saturated rings. The molecule has 0 aromatic rings. The standard InChI is InChI=1S/C20H32N2O/c1-13(2)14-6-8-16-15(12-14)7-9-17-19(16,3)10-5-11-20(17,4)18(23)22-21/h7,12-13,16-17H,5-6,8-11,21H2,1-4H3,(H,22,23)/t16-,17?,19+,20+/m0/s1. The average molecular weight is 316 g/mol. The second kappa shape index (κ2) is 5.77. The molecule has 3 aliphatic carbocycles. The highest BCUT2D eigenvalue weighted by Gasteiger charge is 2.56. The fourth-order valence-corrected chi connectivity index (χ4v) is 5.78. The van der Waals surface area contributed by atoms with Gasteiger partial charge in [-0.25, -0.2) is 5.84 Å². The summed E-state index contributed by atoms with van der Waals surface area (Å²) in [5, 5.41) is 0. The van der Waals surface area contributed by atoms with Gasteiger partial charge < -0.3 is 0 Å². The molecule has 1 unspecified atom stereocenters. The van der Waals surface area contributed by atoms with Crippen LogP contribution in [-0.2, 0) is 4.79 Å². The second-order valence-electron chi connectivity index (χ2n) is 8.71. The summed E-state index contributed by atoms with van der Waals surface area (Å²) >= 11 is 0. The highest BCUT2D eigenvalue weighted by Crippen LogP contribution is 2.62. The van der Waals surface area contributed by atoms with E-state index in [2.05, 4.69) is 45.3 Å². The van der Waals surface area contributed by atoms with Gasteiger partial charge in [-0.15, -0.1) is 0 Å². The van der Waals surface area contributed by atoms with E-state index >= 15 is 0 Å². The molecule has 0 aromatic carbocycles. The largest absolute Gasteiger partial charge is 0.294 e. The lowest BCUT2D eigenvalue weighted by Gasteiger charge is -2.57. The number of hydrogen-bond donors (Lipinski definition) is 2. The van der Waals surface area contributed by atoms with Crippen LogP contribution in [0.25, 0.3) is 0 Å². The molecular weight excluding hydrogens is 284 g/mol. The van der Waals surface area contributed by atoms with Crippen molar-refractivity contribution in [1.82, 2.24) is 5.43 Å². The van der Waals surface area contributed by atoms with Crippen LogP contribution in [0.4, 0.5) is 0 Å². The topological polar surface area (TPSA) is 55.1 Å². The summed E-state index contributed by atoms with van der Waals surface area (Å²) in [5.74, 6) is 7.18. The predicted octanol–water partition coefficient (Wildman–Crippen LogP) is 4.11. The zero-order chi connectivity index (χ0) is 16.8. The molecule has 23 heavy (non-hydrogen) atoms. The Morgan fingerprint density at radius 2 is 2.09 bits per heavy atom. The van der Waals surface area contributed by atoms with Crippen molar-refractivity contribution in [2.24, 2.45) is 34.4 Å². The third kappa shape index (κ3) is 2.48. The molecule has 0 radical (unpaired) electrons. The molecule has 0 spiro atoms. The third-order valence-corrected chi connectivity index (χ3v) is 7.23. The normalized spacial score (nSPS) is 39.9. The molecule has 3 nitrogen and oxygen atoms in total. The Balaban J connectivity index is 1.99. The summed E-state index contributed by atoms with van der Waals surface area (Å²) in [4.78, 5) is 12.5. The molecule has 1 amide bonds. The number of nitrogens with one attached hydrogen (secondary N) is 1. The predicted molar refractivity (Wildman–Crippen MR) is 94.2 cm³/mol. The van der Waals surface area contributed by atoms with Crippen molar-refractivity contribution in [3.05, 3.63) is 23.3 Å².